The van der Waals surface area contributed by atoms with Crippen molar-refractivity contribution in [3.8, 4) is 5.75 Å². The average molecular weight is 333 g/mol. The van der Waals surface area contributed by atoms with Crippen molar-refractivity contribution in [3.05, 3.63) is 59.9 Å². The highest BCUT2D eigenvalue weighted by Gasteiger charge is 2.10. The molecule has 1 aromatic heterocycles. The third-order valence-electron chi connectivity index (χ3n) is 3.77. The maximum absolute atomic E-state index is 5.23. The van der Waals surface area contributed by atoms with Crippen LogP contribution in [0, 0.1) is 0 Å². The number of ether oxygens (including phenoxy) is 2. The van der Waals surface area contributed by atoms with Gasteiger partial charge < -0.3 is 14.0 Å². The van der Waals surface area contributed by atoms with Crippen molar-refractivity contribution in [2.75, 3.05) is 20.8 Å². The molecule has 5 heteroatoms. The van der Waals surface area contributed by atoms with Crippen LogP contribution < -0.4 is 4.74 Å². The molecule has 0 aliphatic heterocycles. The molecule has 0 unspecified atom stereocenters. The lowest BCUT2D eigenvalue weighted by molar-refractivity contribution is 0.187. The number of rotatable bonds is 6. The summed E-state index contributed by atoms with van der Waals surface area (Å²) in [5, 5.41) is 0. The SMILES string of the molecule is COCCn1c(Cc2ccc(OC)cc2)nc2ccccc21.Cl. The van der Waals surface area contributed by atoms with Gasteiger partial charge in [0.2, 0.25) is 0 Å². The number of halogens is 1. The van der Waals surface area contributed by atoms with E-state index in [2.05, 4.69) is 28.8 Å². The topological polar surface area (TPSA) is 36.3 Å². The van der Waals surface area contributed by atoms with Crippen molar-refractivity contribution in [1.82, 2.24) is 9.55 Å². The maximum atomic E-state index is 5.23. The Kier molecular flexibility index (Phi) is 6.02. The van der Waals surface area contributed by atoms with Crippen molar-refractivity contribution >= 4 is 23.4 Å². The molecule has 3 aromatic rings. The number of methoxy groups -OCH3 is 2. The minimum atomic E-state index is 0. The molecular formula is C18H21ClN2O2. The van der Waals surface area contributed by atoms with Gasteiger partial charge in [-0.05, 0) is 29.8 Å². The Balaban J connectivity index is 0.00000192. The smallest absolute Gasteiger partial charge is 0.118 e. The number of hydrogen-bond acceptors (Lipinski definition) is 3. The zero-order valence-electron chi connectivity index (χ0n) is 13.4. The second-order valence-electron chi connectivity index (χ2n) is 5.19. The molecule has 0 bridgehead atoms. The predicted molar refractivity (Wildman–Crippen MR) is 94.7 cm³/mol. The minimum absolute atomic E-state index is 0. The van der Waals surface area contributed by atoms with Gasteiger partial charge >= 0.3 is 0 Å². The van der Waals surface area contributed by atoms with E-state index in [9.17, 15) is 0 Å². The van der Waals surface area contributed by atoms with Crippen LogP contribution in [0.25, 0.3) is 11.0 Å². The Bertz CT molecular complexity index is 753. The largest absolute Gasteiger partial charge is 0.497 e. The van der Waals surface area contributed by atoms with Crippen LogP contribution >= 0.6 is 12.4 Å². The number of fused-ring (bicyclic) bond motifs is 1. The maximum Gasteiger partial charge on any atom is 0.118 e. The van der Waals surface area contributed by atoms with Crippen LogP contribution in [0.4, 0.5) is 0 Å². The Morgan fingerprint density at radius 1 is 1.00 bits per heavy atom. The van der Waals surface area contributed by atoms with E-state index in [1.165, 1.54) is 5.56 Å². The van der Waals surface area contributed by atoms with Crippen molar-refractivity contribution in [2.45, 2.75) is 13.0 Å². The zero-order chi connectivity index (χ0) is 15.4. The van der Waals surface area contributed by atoms with Crippen molar-refractivity contribution < 1.29 is 9.47 Å². The Morgan fingerprint density at radius 2 is 1.74 bits per heavy atom. The molecule has 0 saturated carbocycles. The quantitative estimate of drug-likeness (QED) is 0.690. The van der Waals surface area contributed by atoms with Crippen molar-refractivity contribution in [3.63, 3.8) is 0 Å². The van der Waals surface area contributed by atoms with E-state index < -0.39 is 0 Å². The molecule has 122 valence electrons. The second-order valence-corrected chi connectivity index (χ2v) is 5.19. The first-order chi connectivity index (χ1) is 10.8. The van der Waals surface area contributed by atoms with Gasteiger partial charge in [0.1, 0.15) is 11.6 Å². The molecule has 0 fully saturated rings. The van der Waals surface area contributed by atoms with Gasteiger partial charge in [-0.1, -0.05) is 24.3 Å². The summed E-state index contributed by atoms with van der Waals surface area (Å²) < 4.78 is 12.7. The molecule has 3 rings (SSSR count). The average Bonchev–Trinajstić information content (AvgIpc) is 2.91. The first kappa shape index (κ1) is 17.3. The molecule has 0 amide bonds. The third-order valence-corrected chi connectivity index (χ3v) is 3.77. The number of benzene rings is 2. The lowest BCUT2D eigenvalue weighted by Gasteiger charge is -2.09. The number of nitrogens with zero attached hydrogens (tertiary/aromatic N) is 2. The lowest BCUT2D eigenvalue weighted by Crippen LogP contribution is -2.08. The number of aromatic nitrogens is 2. The lowest BCUT2D eigenvalue weighted by atomic mass is 10.1. The molecule has 0 aliphatic rings. The fourth-order valence-electron chi connectivity index (χ4n) is 2.62. The molecule has 0 aliphatic carbocycles. The normalized spacial score (nSPS) is 10.5. The van der Waals surface area contributed by atoms with Gasteiger partial charge in [0.05, 0.1) is 24.8 Å². The van der Waals surface area contributed by atoms with Crippen LogP contribution in [-0.2, 0) is 17.7 Å². The molecule has 4 nitrogen and oxygen atoms in total. The van der Waals surface area contributed by atoms with Crippen LogP contribution in [-0.4, -0.2) is 30.4 Å². The highest BCUT2D eigenvalue weighted by molar-refractivity contribution is 5.85. The first-order valence-corrected chi connectivity index (χ1v) is 7.38. The minimum Gasteiger partial charge on any atom is -0.497 e. The van der Waals surface area contributed by atoms with Crippen molar-refractivity contribution in [2.24, 2.45) is 0 Å². The number of imidazole rings is 1. The number of hydrogen-bond donors (Lipinski definition) is 0. The van der Waals surface area contributed by atoms with Gasteiger partial charge in [-0.15, -0.1) is 12.4 Å². The fraction of sp³-hybridized carbons (Fsp3) is 0.278. The van der Waals surface area contributed by atoms with Gasteiger partial charge in [-0.2, -0.15) is 0 Å². The predicted octanol–water partition coefficient (Wildman–Crippen LogP) is 3.70. The Hall–Kier alpha value is -2.04. The monoisotopic (exact) mass is 332 g/mol. The summed E-state index contributed by atoms with van der Waals surface area (Å²) in [7, 11) is 3.40. The summed E-state index contributed by atoms with van der Waals surface area (Å²) in [5.74, 6) is 1.93. The Labute approximate surface area is 142 Å². The highest BCUT2D eigenvalue weighted by Crippen LogP contribution is 2.20. The van der Waals surface area contributed by atoms with Gasteiger partial charge in [0.25, 0.3) is 0 Å². The van der Waals surface area contributed by atoms with E-state index in [-0.39, 0.29) is 12.4 Å². The molecule has 0 atom stereocenters. The second kappa shape index (κ2) is 7.99. The van der Waals surface area contributed by atoms with Gasteiger partial charge in [0.15, 0.2) is 0 Å². The summed E-state index contributed by atoms with van der Waals surface area (Å²) in [4.78, 5) is 4.78. The summed E-state index contributed by atoms with van der Waals surface area (Å²) in [6.07, 6.45) is 0.794. The van der Waals surface area contributed by atoms with Gasteiger partial charge in [-0.3, -0.25) is 0 Å². The van der Waals surface area contributed by atoms with Crippen LogP contribution in [0.1, 0.15) is 11.4 Å². The van der Waals surface area contributed by atoms with E-state index >= 15 is 0 Å². The number of para-hydroxylation sites is 2. The van der Waals surface area contributed by atoms with E-state index in [0.717, 1.165) is 35.6 Å². The molecule has 0 spiro atoms. The van der Waals surface area contributed by atoms with Crippen LogP contribution in [0.5, 0.6) is 5.75 Å². The van der Waals surface area contributed by atoms with Crippen molar-refractivity contribution in [1.29, 1.82) is 0 Å². The molecule has 2 aromatic carbocycles. The van der Waals surface area contributed by atoms with E-state index in [0.29, 0.717) is 6.61 Å². The first-order valence-electron chi connectivity index (χ1n) is 7.38. The summed E-state index contributed by atoms with van der Waals surface area (Å²) in [6.45, 7) is 1.48. The molecule has 1 heterocycles. The van der Waals surface area contributed by atoms with E-state index in [4.69, 9.17) is 14.5 Å². The summed E-state index contributed by atoms with van der Waals surface area (Å²) in [5.41, 5.74) is 3.40. The standard InChI is InChI=1S/C18H20N2O2.ClH/c1-21-12-11-20-17-6-4-3-5-16(17)19-18(20)13-14-7-9-15(22-2)10-8-14;/h3-10H,11-13H2,1-2H3;1H. The Morgan fingerprint density at radius 3 is 2.43 bits per heavy atom. The fourth-order valence-corrected chi connectivity index (χ4v) is 2.62. The highest BCUT2D eigenvalue weighted by atomic mass is 35.5. The summed E-state index contributed by atoms with van der Waals surface area (Å²) >= 11 is 0. The summed E-state index contributed by atoms with van der Waals surface area (Å²) in [6, 6.07) is 16.4. The van der Waals surface area contributed by atoms with Gasteiger partial charge in [-0.25, -0.2) is 4.98 Å². The van der Waals surface area contributed by atoms with E-state index in [1.54, 1.807) is 14.2 Å². The molecule has 0 radical (unpaired) electrons. The molecule has 0 saturated heterocycles. The van der Waals surface area contributed by atoms with Crippen LogP contribution in [0.3, 0.4) is 0 Å². The third kappa shape index (κ3) is 3.84. The van der Waals surface area contributed by atoms with Crippen LogP contribution in [0.15, 0.2) is 48.5 Å². The molecule has 23 heavy (non-hydrogen) atoms. The molecule has 0 N–H and O–H groups in total. The van der Waals surface area contributed by atoms with Crippen LogP contribution in [0.2, 0.25) is 0 Å². The zero-order valence-corrected chi connectivity index (χ0v) is 14.2. The van der Waals surface area contributed by atoms with Gasteiger partial charge in [0, 0.05) is 20.1 Å². The van der Waals surface area contributed by atoms with E-state index in [1.807, 2.05) is 24.3 Å². The molecular weight excluding hydrogens is 312 g/mol.